The third-order valence-corrected chi connectivity index (χ3v) is 4.12. The van der Waals surface area contributed by atoms with Gasteiger partial charge < -0.3 is 10.1 Å². The number of methoxy groups -OCH3 is 1. The number of hydrogen-bond acceptors (Lipinski definition) is 3. The van der Waals surface area contributed by atoms with E-state index in [1.807, 2.05) is 19.9 Å². The Morgan fingerprint density at radius 3 is 2.48 bits per heavy atom. The minimum Gasteiger partial charge on any atom is -0.497 e. The summed E-state index contributed by atoms with van der Waals surface area (Å²) in [4.78, 5) is 12.6. The maximum atomic E-state index is 12.6. The predicted octanol–water partition coefficient (Wildman–Crippen LogP) is 4.51. The van der Waals surface area contributed by atoms with Gasteiger partial charge in [-0.15, -0.1) is 0 Å². The zero-order valence-electron chi connectivity index (χ0n) is 12.7. The Kier molecular flexibility index (Phi) is 6.70. The number of anilines is 1. The molecule has 0 radical (unpaired) electrons. The summed E-state index contributed by atoms with van der Waals surface area (Å²) in [5, 5.41) is 12.4. The summed E-state index contributed by atoms with van der Waals surface area (Å²) in [6.07, 6.45) is 2.70. The van der Waals surface area contributed by atoms with Crippen molar-refractivity contribution < 1.29 is 9.53 Å². The topological polar surface area (TPSA) is 62.1 Å². The molecule has 0 fully saturated rings. The molecule has 1 N–H and O–H groups in total. The fraction of sp³-hybridized carbons (Fsp3) is 0.500. The number of carbonyl (C=O) groups is 1. The van der Waals surface area contributed by atoms with Gasteiger partial charge in [0.1, 0.15) is 11.2 Å². The molecule has 0 aliphatic heterocycles. The number of rotatable bonds is 7. The molecule has 1 aromatic rings. The molecule has 21 heavy (non-hydrogen) atoms. The van der Waals surface area contributed by atoms with Gasteiger partial charge in [0.15, 0.2) is 0 Å². The number of benzene rings is 1. The Hall–Kier alpha value is -1.54. The summed E-state index contributed by atoms with van der Waals surface area (Å²) in [7, 11) is 1.57. The van der Waals surface area contributed by atoms with Gasteiger partial charge in [-0.3, -0.25) is 4.79 Å². The quantitative estimate of drug-likeness (QED) is 0.785. The van der Waals surface area contributed by atoms with Crippen molar-refractivity contribution in [3.05, 3.63) is 22.7 Å². The van der Waals surface area contributed by atoms with Crippen molar-refractivity contribution in [2.45, 2.75) is 39.5 Å². The molecule has 5 heteroatoms. The number of hydrogen-bond donors (Lipinski definition) is 1. The van der Waals surface area contributed by atoms with Crippen molar-refractivity contribution in [2.75, 3.05) is 12.4 Å². The third-order valence-electron chi connectivity index (χ3n) is 3.42. The highest BCUT2D eigenvalue weighted by Crippen LogP contribution is 2.33. The molecule has 4 nitrogen and oxygen atoms in total. The van der Waals surface area contributed by atoms with Crippen LogP contribution in [-0.4, -0.2) is 13.0 Å². The molecule has 0 bridgehead atoms. The van der Waals surface area contributed by atoms with Crippen molar-refractivity contribution in [1.29, 1.82) is 5.26 Å². The maximum Gasteiger partial charge on any atom is 0.244 e. The van der Waals surface area contributed by atoms with E-state index in [1.165, 1.54) is 0 Å². The molecule has 1 amide bonds. The fourth-order valence-corrected chi connectivity index (χ4v) is 2.68. The van der Waals surface area contributed by atoms with E-state index in [-0.39, 0.29) is 5.91 Å². The van der Waals surface area contributed by atoms with Gasteiger partial charge in [0.05, 0.1) is 18.9 Å². The number of nitrogens with one attached hydrogen (secondary N) is 1. The third kappa shape index (κ3) is 4.21. The van der Waals surface area contributed by atoms with Crippen LogP contribution in [0, 0.1) is 16.7 Å². The van der Waals surface area contributed by atoms with Crippen molar-refractivity contribution in [3.63, 3.8) is 0 Å². The Labute approximate surface area is 134 Å². The van der Waals surface area contributed by atoms with Gasteiger partial charge in [0, 0.05) is 10.5 Å². The first-order valence-corrected chi connectivity index (χ1v) is 7.88. The second-order valence-electron chi connectivity index (χ2n) is 4.99. The fourth-order valence-electron chi connectivity index (χ4n) is 2.34. The van der Waals surface area contributed by atoms with Crippen LogP contribution in [0.3, 0.4) is 0 Å². The second-order valence-corrected chi connectivity index (χ2v) is 5.85. The molecular formula is C16H21BrN2O2. The summed E-state index contributed by atoms with van der Waals surface area (Å²) in [6, 6.07) is 7.57. The molecule has 0 atom stereocenters. The number of nitriles is 1. The molecule has 0 aromatic heterocycles. The number of halogens is 1. The van der Waals surface area contributed by atoms with E-state index in [1.54, 1.807) is 19.2 Å². The van der Waals surface area contributed by atoms with Gasteiger partial charge in [-0.25, -0.2) is 0 Å². The first kappa shape index (κ1) is 17.5. The molecule has 0 heterocycles. The zero-order chi connectivity index (χ0) is 15.9. The summed E-state index contributed by atoms with van der Waals surface area (Å²) in [5.74, 6) is 0.407. The van der Waals surface area contributed by atoms with Gasteiger partial charge in [0.25, 0.3) is 0 Å². The molecule has 114 valence electrons. The molecule has 0 aliphatic rings. The van der Waals surface area contributed by atoms with E-state index in [2.05, 4.69) is 27.3 Å². The van der Waals surface area contributed by atoms with Crippen LogP contribution in [0.15, 0.2) is 22.7 Å². The minimum atomic E-state index is -0.966. The molecule has 0 spiro atoms. The molecule has 1 rings (SSSR count). The van der Waals surface area contributed by atoms with E-state index in [0.29, 0.717) is 24.3 Å². The van der Waals surface area contributed by atoms with Crippen LogP contribution < -0.4 is 10.1 Å². The first-order valence-electron chi connectivity index (χ1n) is 7.09. The van der Waals surface area contributed by atoms with E-state index < -0.39 is 5.41 Å². The maximum absolute atomic E-state index is 12.6. The van der Waals surface area contributed by atoms with Crippen LogP contribution in [0.4, 0.5) is 5.69 Å². The van der Waals surface area contributed by atoms with E-state index in [9.17, 15) is 10.1 Å². The monoisotopic (exact) mass is 352 g/mol. The number of carbonyl (C=O) groups excluding carboxylic acids is 1. The zero-order valence-corrected chi connectivity index (χ0v) is 14.3. The largest absolute Gasteiger partial charge is 0.497 e. The second kappa shape index (κ2) is 8.04. The Bertz CT molecular complexity index is 532. The van der Waals surface area contributed by atoms with Crippen LogP contribution in [0.25, 0.3) is 0 Å². The van der Waals surface area contributed by atoms with E-state index >= 15 is 0 Å². The van der Waals surface area contributed by atoms with Crippen molar-refractivity contribution >= 4 is 27.5 Å². The lowest BCUT2D eigenvalue weighted by atomic mass is 9.79. The van der Waals surface area contributed by atoms with E-state index in [4.69, 9.17) is 4.74 Å². The van der Waals surface area contributed by atoms with E-state index in [0.717, 1.165) is 17.3 Å². The molecule has 0 aliphatic carbocycles. The van der Waals surface area contributed by atoms with Gasteiger partial charge in [-0.05, 0) is 40.9 Å². The standard InChI is InChI=1S/C16H21BrN2O2/c1-4-8-16(11-18,9-5-2)15(20)19-14-10-12(21-3)6-7-13(14)17/h6-7,10H,4-5,8-9H2,1-3H3,(H,19,20). The Morgan fingerprint density at radius 1 is 1.38 bits per heavy atom. The Morgan fingerprint density at radius 2 is 2.00 bits per heavy atom. The SMILES string of the molecule is CCCC(C#N)(CCC)C(=O)Nc1cc(OC)ccc1Br. The van der Waals surface area contributed by atoms with Crippen LogP contribution in [-0.2, 0) is 4.79 Å². The molecule has 0 saturated carbocycles. The molecule has 0 unspecified atom stereocenters. The number of ether oxygens (including phenoxy) is 1. The number of nitrogens with zero attached hydrogens (tertiary/aromatic N) is 1. The van der Waals surface area contributed by atoms with Crippen molar-refractivity contribution in [1.82, 2.24) is 0 Å². The van der Waals surface area contributed by atoms with Gasteiger partial charge in [0.2, 0.25) is 5.91 Å². The summed E-state index contributed by atoms with van der Waals surface area (Å²) in [6.45, 7) is 3.97. The first-order chi connectivity index (χ1) is 10.0. The van der Waals surface area contributed by atoms with Gasteiger partial charge in [-0.1, -0.05) is 26.7 Å². The molecule has 1 aromatic carbocycles. The highest BCUT2D eigenvalue weighted by molar-refractivity contribution is 9.10. The van der Waals surface area contributed by atoms with Crippen LogP contribution in [0.2, 0.25) is 0 Å². The van der Waals surface area contributed by atoms with Gasteiger partial charge in [-0.2, -0.15) is 5.26 Å². The number of amides is 1. The van der Waals surface area contributed by atoms with Crippen LogP contribution in [0.1, 0.15) is 39.5 Å². The summed E-state index contributed by atoms with van der Waals surface area (Å²) < 4.78 is 5.92. The van der Waals surface area contributed by atoms with Crippen molar-refractivity contribution in [3.8, 4) is 11.8 Å². The normalized spacial score (nSPS) is 10.8. The lowest BCUT2D eigenvalue weighted by Crippen LogP contribution is -2.35. The molecular weight excluding hydrogens is 332 g/mol. The average Bonchev–Trinajstić information content (AvgIpc) is 2.49. The lowest BCUT2D eigenvalue weighted by Gasteiger charge is -2.25. The Balaban J connectivity index is 3.04. The van der Waals surface area contributed by atoms with Crippen LogP contribution >= 0.6 is 15.9 Å². The van der Waals surface area contributed by atoms with Gasteiger partial charge >= 0.3 is 0 Å². The lowest BCUT2D eigenvalue weighted by molar-refractivity contribution is -0.123. The highest BCUT2D eigenvalue weighted by Gasteiger charge is 2.37. The van der Waals surface area contributed by atoms with Crippen LogP contribution in [0.5, 0.6) is 5.75 Å². The summed E-state index contributed by atoms with van der Waals surface area (Å²) in [5.41, 5.74) is -0.349. The minimum absolute atomic E-state index is 0.248. The smallest absolute Gasteiger partial charge is 0.244 e. The highest BCUT2D eigenvalue weighted by atomic mass is 79.9. The summed E-state index contributed by atoms with van der Waals surface area (Å²) >= 11 is 3.40. The predicted molar refractivity (Wildman–Crippen MR) is 87.2 cm³/mol. The van der Waals surface area contributed by atoms with Crippen molar-refractivity contribution in [2.24, 2.45) is 5.41 Å². The molecule has 0 saturated heterocycles. The average molecular weight is 353 g/mol.